The van der Waals surface area contributed by atoms with Crippen LogP contribution in [0.25, 0.3) is 11.1 Å². The number of nitrogens with zero attached hydrogens (tertiary/aromatic N) is 1. The Morgan fingerprint density at radius 2 is 1.82 bits per heavy atom. The molecule has 0 amide bonds. The first-order valence-electron chi connectivity index (χ1n) is 5.89. The van der Waals surface area contributed by atoms with Crippen molar-refractivity contribution in [2.75, 3.05) is 4.72 Å². The van der Waals surface area contributed by atoms with Gasteiger partial charge in [-0.3, -0.25) is 0 Å². The minimum absolute atomic E-state index is 0.0853. The zero-order valence-corrected chi connectivity index (χ0v) is 14.6. The Balaban J connectivity index is 1.98. The smallest absolute Gasteiger partial charge is 0.310 e. The largest absolute Gasteiger partial charge is 0.421 e. The molecule has 1 N–H and O–H groups in total. The van der Waals surface area contributed by atoms with Gasteiger partial charge in [0.15, 0.2) is 5.58 Å². The van der Waals surface area contributed by atoms with Crippen molar-refractivity contribution in [1.82, 2.24) is 4.98 Å². The van der Waals surface area contributed by atoms with Gasteiger partial charge in [-0.25, -0.2) is 13.1 Å². The van der Waals surface area contributed by atoms with Crippen LogP contribution in [0.1, 0.15) is 0 Å². The van der Waals surface area contributed by atoms with Crippen molar-refractivity contribution in [3.8, 4) is 0 Å². The van der Waals surface area contributed by atoms with Gasteiger partial charge in [-0.2, -0.15) is 4.98 Å². The molecule has 5 nitrogen and oxygen atoms in total. The normalized spacial score (nSPS) is 11.8. The minimum atomic E-state index is -3.80. The number of anilines is 1. The number of halogens is 3. The summed E-state index contributed by atoms with van der Waals surface area (Å²) in [6.45, 7) is 0. The average molecular weight is 422 g/mol. The molecule has 0 aliphatic heterocycles. The monoisotopic (exact) mass is 420 g/mol. The summed E-state index contributed by atoms with van der Waals surface area (Å²) in [6, 6.07) is 9.00. The highest BCUT2D eigenvalue weighted by atomic mass is 79.9. The summed E-state index contributed by atoms with van der Waals surface area (Å²) < 4.78 is 32.9. The van der Waals surface area contributed by atoms with Crippen LogP contribution >= 0.6 is 39.1 Å². The van der Waals surface area contributed by atoms with E-state index in [1.807, 2.05) is 0 Å². The molecular weight excluding hydrogens is 415 g/mol. The van der Waals surface area contributed by atoms with Crippen LogP contribution in [0.4, 0.5) is 6.01 Å². The molecule has 0 bridgehead atoms. The van der Waals surface area contributed by atoms with E-state index in [4.69, 9.17) is 27.6 Å². The maximum absolute atomic E-state index is 12.3. The topological polar surface area (TPSA) is 72.2 Å². The summed E-state index contributed by atoms with van der Waals surface area (Å²) in [4.78, 5) is 4.11. The molecule has 0 aliphatic carbocycles. The van der Waals surface area contributed by atoms with Crippen LogP contribution in [0.5, 0.6) is 0 Å². The molecule has 22 heavy (non-hydrogen) atoms. The van der Waals surface area contributed by atoms with Gasteiger partial charge in [-0.15, -0.1) is 0 Å². The molecule has 0 fully saturated rings. The SMILES string of the molecule is O=S(=O)(Nc1nc2cc(Cl)cc(Cl)c2o1)c1ccc(Br)cc1. The van der Waals surface area contributed by atoms with Gasteiger partial charge in [0, 0.05) is 9.50 Å². The van der Waals surface area contributed by atoms with E-state index in [9.17, 15) is 8.42 Å². The molecule has 9 heteroatoms. The van der Waals surface area contributed by atoms with Crippen LogP contribution in [-0.4, -0.2) is 13.4 Å². The quantitative estimate of drug-likeness (QED) is 0.665. The molecule has 2 aromatic carbocycles. The van der Waals surface area contributed by atoms with Crippen LogP contribution in [0, 0.1) is 0 Å². The Kier molecular flexibility index (Phi) is 4.07. The minimum Gasteiger partial charge on any atom is -0.421 e. The van der Waals surface area contributed by atoms with Crippen molar-refractivity contribution in [1.29, 1.82) is 0 Å². The van der Waals surface area contributed by atoms with Crippen LogP contribution in [-0.2, 0) is 10.0 Å². The molecule has 0 saturated heterocycles. The van der Waals surface area contributed by atoms with Crippen molar-refractivity contribution < 1.29 is 12.8 Å². The average Bonchev–Trinajstić information content (AvgIpc) is 2.81. The number of hydrogen-bond donors (Lipinski definition) is 1. The zero-order valence-electron chi connectivity index (χ0n) is 10.7. The van der Waals surface area contributed by atoms with Gasteiger partial charge in [-0.1, -0.05) is 39.1 Å². The van der Waals surface area contributed by atoms with E-state index >= 15 is 0 Å². The molecule has 0 spiro atoms. The third kappa shape index (κ3) is 3.08. The summed E-state index contributed by atoms with van der Waals surface area (Å²) in [5.74, 6) is 0. The predicted molar refractivity (Wildman–Crippen MR) is 89.0 cm³/mol. The van der Waals surface area contributed by atoms with Crippen LogP contribution in [0.2, 0.25) is 10.0 Å². The van der Waals surface area contributed by atoms with Crippen LogP contribution in [0.3, 0.4) is 0 Å². The van der Waals surface area contributed by atoms with E-state index in [0.717, 1.165) is 4.47 Å². The van der Waals surface area contributed by atoms with Crippen molar-refractivity contribution in [2.24, 2.45) is 0 Å². The Bertz CT molecular complexity index is 955. The molecule has 0 atom stereocenters. The molecule has 0 aliphatic rings. The number of nitrogens with one attached hydrogen (secondary N) is 1. The lowest BCUT2D eigenvalue weighted by atomic mass is 10.3. The van der Waals surface area contributed by atoms with Crippen LogP contribution < -0.4 is 4.72 Å². The lowest BCUT2D eigenvalue weighted by Crippen LogP contribution is -2.12. The molecular formula is C13H7BrCl2N2O3S. The molecule has 1 heterocycles. The summed E-state index contributed by atoms with van der Waals surface area (Å²) in [6.07, 6.45) is 0. The Hall–Kier alpha value is -1.28. The lowest BCUT2D eigenvalue weighted by Gasteiger charge is -2.03. The molecule has 3 rings (SSSR count). The number of hydrogen-bond acceptors (Lipinski definition) is 4. The van der Waals surface area contributed by atoms with Crippen LogP contribution in [0.15, 0.2) is 50.2 Å². The molecule has 0 unspecified atom stereocenters. The third-order valence-electron chi connectivity index (χ3n) is 2.76. The molecule has 0 saturated carbocycles. The van der Waals surface area contributed by atoms with Crippen molar-refractivity contribution in [3.63, 3.8) is 0 Å². The highest BCUT2D eigenvalue weighted by Gasteiger charge is 2.18. The highest BCUT2D eigenvalue weighted by Crippen LogP contribution is 2.30. The standard InChI is InChI=1S/C13H7BrCl2N2O3S/c14-7-1-3-9(4-2-7)22(19,20)18-13-17-11-6-8(15)5-10(16)12(11)21-13/h1-6H,(H,17,18). The first-order valence-corrected chi connectivity index (χ1v) is 8.92. The van der Waals surface area contributed by atoms with E-state index in [1.165, 1.54) is 24.3 Å². The molecule has 3 aromatic rings. The summed E-state index contributed by atoms with van der Waals surface area (Å²) >= 11 is 15.1. The van der Waals surface area contributed by atoms with E-state index < -0.39 is 10.0 Å². The van der Waals surface area contributed by atoms with E-state index in [1.54, 1.807) is 12.1 Å². The second-order valence-corrected chi connectivity index (χ2v) is 7.76. The fourth-order valence-corrected chi connectivity index (χ4v) is 3.51. The van der Waals surface area contributed by atoms with Crippen molar-refractivity contribution in [2.45, 2.75) is 4.90 Å². The molecule has 114 valence electrons. The first-order chi connectivity index (χ1) is 10.3. The van der Waals surface area contributed by atoms with Gasteiger partial charge in [0.25, 0.3) is 10.0 Å². The number of fused-ring (bicyclic) bond motifs is 1. The highest BCUT2D eigenvalue weighted by molar-refractivity contribution is 9.10. The number of oxazole rings is 1. The zero-order chi connectivity index (χ0) is 15.9. The lowest BCUT2D eigenvalue weighted by molar-refractivity contribution is 0.591. The van der Waals surface area contributed by atoms with Gasteiger partial charge < -0.3 is 4.42 Å². The van der Waals surface area contributed by atoms with E-state index in [0.29, 0.717) is 10.5 Å². The Morgan fingerprint density at radius 1 is 1.14 bits per heavy atom. The second kappa shape index (κ2) is 5.73. The van der Waals surface area contributed by atoms with E-state index in [2.05, 4.69) is 25.6 Å². The summed E-state index contributed by atoms with van der Waals surface area (Å²) in [5.41, 5.74) is 0.630. The predicted octanol–water partition coefficient (Wildman–Crippen LogP) is 4.70. The second-order valence-electron chi connectivity index (χ2n) is 4.31. The fraction of sp³-hybridized carbons (Fsp3) is 0. The molecule has 0 radical (unpaired) electrons. The number of sulfonamides is 1. The van der Waals surface area contributed by atoms with Crippen molar-refractivity contribution >= 4 is 66.3 Å². The summed E-state index contributed by atoms with van der Waals surface area (Å²) in [7, 11) is -3.80. The van der Waals surface area contributed by atoms with Gasteiger partial charge in [0.1, 0.15) is 5.52 Å². The van der Waals surface area contributed by atoms with Gasteiger partial charge >= 0.3 is 6.01 Å². The van der Waals surface area contributed by atoms with Gasteiger partial charge in [-0.05, 0) is 36.4 Å². The Morgan fingerprint density at radius 3 is 2.50 bits per heavy atom. The third-order valence-corrected chi connectivity index (χ3v) is 5.12. The first kappa shape index (κ1) is 15.6. The summed E-state index contributed by atoms with van der Waals surface area (Å²) in [5, 5.41) is 0.636. The fourth-order valence-electron chi connectivity index (χ4n) is 1.79. The number of rotatable bonds is 3. The maximum Gasteiger partial charge on any atom is 0.310 e. The van der Waals surface area contributed by atoms with Gasteiger partial charge in [0.05, 0.1) is 9.92 Å². The number of aromatic nitrogens is 1. The number of benzene rings is 2. The Labute approximate surface area is 144 Å². The van der Waals surface area contributed by atoms with Gasteiger partial charge in [0.2, 0.25) is 0 Å². The molecule has 1 aromatic heterocycles. The maximum atomic E-state index is 12.3. The van der Waals surface area contributed by atoms with Crippen molar-refractivity contribution in [3.05, 3.63) is 50.9 Å². The van der Waals surface area contributed by atoms with E-state index in [-0.39, 0.29) is 21.5 Å².